The van der Waals surface area contributed by atoms with Crippen LogP contribution in [0.25, 0.3) is 0 Å². The second kappa shape index (κ2) is 6.67. The Labute approximate surface area is 112 Å². The van der Waals surface area contributed by atoms with E-state index in [0.717, 1.165) is 6.42 Å². The molecular weight excluding hydrogens is 252 g/mol. The van der Waals surface area contributed by atoms with Crippen molar-refractivity contribution in [2.45, 2.75) is 51.2 Å². The molecule has 3 atom stereocenters. The van der Waals surface area contributed by atoms with Gasteiger partial charge >= 0.3 is 5.92 Å². The Hall–Kier alpha value is -1.41. The predicted molar refractivity (Wildman–Crippen MR) is 68.5 cm³/mol. The van der Waals surface area contributed by atoms with Crippen molar-refractivity contribution in [2.24, 2.45) is 5.92 Å². The summed E-state index contributed by atoms with van der Waals surface area (Å²) in [6.07, 6.45) is 2.88. The summed E-state index contributed by atoms with van der Waals surface area (Å²) >= 11 is 0. The Morgan fingerprint density at radius 2 is 2.26 bits per heavy atom. The topological polar surface area (TPSA) is 49.3 Å². The van der Waals surface area contributed by atoms with E-state index in [4.69, 9.17) is 0 Å². The van der Waals surface area contributed by atoms with E-state index in [0.29, 0.717) is 6.42 Å². The summed E-state index contributed by atoms with van der Waals surface area (Å²) in [7, 11) is 0. The summed E-state index contributed by atoms with van der Waals surface area (Å²) in [6, 6.07) is -0.717. The van der Waals surface area contributed by atoms with Crippen LogP contribution in [0.4, 0.5) is 8.78 Å². The van der Waals surface area contributed by atoms with Crippen LogP contribution < -0.4 is 5.32 Å². The molecule has 1 fully saturated rings. The highest BCUT2D eigenvalue weighted by atomic mass is 19.3. The van der Waals surface area contributed by atoms with E-state index in [-0.39, 0.29) is 5.92 Å². The highest BCUT2D eigenvalue weighted by Gasteiger charge is 2.47. The van der Waals surface area contributed by atoms with E-state index in [1.807, 2.05) is 13.8 Å². The fraction of sp³-hybridized carbons (Fsp3) is 0.643. The summed E-state index contributed by atoms with van der Waals surface area (Å²) in [5.41, 5.74) is 0. The molecule has 1 heterocycles. The van der Waals surface area contributed by atoms with Gasteiger partial charge in [0.2, 0.25) is 0 Å². The van der Waals surface area contributed by atoms with Gasteiger partial charge in [-0.05, 0) is 5.92 Å². The first kappa shape index (κ1) is 15.6. The normalized spacial score (nSPS) is 24.7. The van der Waals surface area contributed by atoms with Crippen LogP contribution in [0.2, 0.25) is 0 Å². The van der Waals surface area contributed by atoms with Crippen LogP contribution in [0.1, 0.15) is 33.1 Å². The molecule has 5 heteroatoms. The average Bonchev–Trinajstić information content (AvgIpc) is 2.60. The largest absolute Gasteiger partial charge is 0.389 e. The molecule has 0 aromatic rings. The summed E-state index contributed by atoms with van der Waals surface area (Å²) < 4.78 is 25.9. The second-order valence-electron chi connectivity index (χ2n) is 4.75. The number of amides is 1. The number of aliphatic hydroxyl groups excluding tert-OH is 1. The molecule has 0 bridgehead atoms. The average molecular weight is 271 g/mol. The van der Waals surface area contributed by atoms with Gasteiger partial charge in [-0.1, -0.05) is 26.0 Å². The number of nitrogens with one attached hydrogen (secondary N) is 1. The molecule has 0 aromatic heterocycles. The molecule has 1 rings (SSSR count). The number of hydrogen-bond acceptors (Lipinski definition) is 2. The molecule has 3 nitrogen and oxygen atoms in total. The monoisotopic (exact) mass is 271 g/mol. The van der Waals surface area contributed by atoms with E-state index < -0.39 is 30.4 Å². The maximum atomic E-state index is 12.9. The van der Waals surface area contributed by atoms with Crippen LogP contribution in [0.15, 0.2) is 12.2 Å². The van der Waals surface area contributed by atoms with Gasteiger partial charge < -0.3 is 10.4 Å². The van der Waals surface area contributed by atoms with Gasteiger partial charge in [0.15, 0.2) is 0 Å². The van der Waals surface area contributed by atoms with Crippen LogP contribution in [-0.4, -0.2) is 29.1 Å². The number of aliphatic hydroxyl groups is 1. The van der Waals surface area contributed by atoms with Crippen molar-refractivity contribution in [3.63, 3.8) is 0 Å². The molecule has 106 valence electrons. The number of rotatable bonds is 4. The Balaban J connectivity index is 2.46. The molecule has 1 aliphatic rings. The quantitative estimate of drug-likeness (QED) is 0.606. The summed E-state index contributed by atoms with van der Waals surface area (Å²) in [4.78, 5) is 10.9. The molecule has 0 saturated carbocycles. The number of alkyl halides is 2. The van der Waals surface area contributed by atoms with Crippen molar-refractivity contribution in [2.75, 3.05) is 0 Å². The first-order valence-corrected chi connectivity index (χ1v) is 6.37. The lowest BCUT2D eigenvalue weighted by Crippen LogP contribution is -2.30. The first-order chi connectivity index (χ1) is 8.86. The Morgan fingerprint density at radius 3 is 2.79 bits per heavy atom. The minimum absolute atomic E-state index is 0.0760. The second-order valence-corrected chi connectivity index (χ2v) is 4.75. The van der Waals surface area contributed by atoms with Gasteiger partial charge in [0.05, 0.1) is 12.1 Å². The smallest absolute Gasteiger partial charge is 0.326 e. The highest BCUT2D eigenvalue weighted by molar-refractivity contribution is 5.86. The van der Waals surface area contributed by atoms with E-state index in [2.05, 4.69) is 17.2 Å². The van der Waals surface area contributed by atoms with Crippen LogP contribution in [0, 0.1) is 17.8 Å². The van der Waals surface area contributed by atoms with Gasteiger partial charge in [-0.15, -0.1) is 11.8 Å². The van der Waals surface area contributed by atoms with E-state index in [1.165, 1.54) is 12.2 Å². The molecule has 1 amide bonds. The third-order valence-corrected chi connectivity index (χ3v) is 2.97. The lowest BCUT2D eigenvalue weighted by Gasteiger charge is -2.13. The predicted octanol–water partition coefficient (Wildman–Crippen LogP) is 1.87. The number of carbonyl (C=O) groups is 1. The minimum Gasteiger partial charge on any atom is -0.389 e. The molecule has 2 unspecified atom stereocenters. The molecule has 0 aromatic carbocycles. The Kier molecular flexibility index (Phi) is 5.49. The van der Waals surface area contributed by atoms with Gasteiger partial charge in [0, 0.05) is 19.3 Å². The Morgan fingerprint density at radius 1 is 1.58 bits per heavy atom. The molecule has 1 aliphatic heterocycles. The third-order valence-electron chi connectivity index (χ3n) is 2.97. The SMILES string of the molecule is CCC#CCC(C)C(O)/C=C/[C@H]1CC(F)(F)C(=O)N1. The lowest BCUT2D eigenvalue weighted by molar-refractivity contribution is -0.139. The molecular formula is C14H19F2NO2. The van der Waals surface area contributed by atoms with Crippen LogP contribution in [-0.2, 0) is 4.79 Å². The van der Waals surface area contributed by atoms with Gasteiger partial charge in [0.1, 0.15) is 0 Å². The zero-order valence-corrected chi connectivity index (χ0v) is 11.1. The molecule has 0 aliphatic carbocycles. The van der Waals surface area contributed by atoms with E-state index >= 15 is 0 Å². The van der Waals surface area contributed by atoms with Crippen molar-refractivity contribution in [3.05, 3.63) is 12.2 Å². The van der Waals surface area contributed by atoms with Gasteiger partial charge in [-0.25, -0.2) is 0 Å². The molecule has 19 heavy (non-hydrogen) atoms. The van der Waals surface area contributed by atoms with E-state index in [9.17, 15) is 18.7 Å². The zero-order chi connectivity index (χ0) is 14.5. The van der Waals surface area contributed by atoms with Gasteiger partial charge in [-0.3, -0.25) is 4.79 Å². The standard InChI is InChI=1S/C14H19F2NO2/c1-3-4-5-6-10(2)12(18)8-7-11-9-14(15,16)13(19)17-11/h7-8,10-12,18H,3,6,9H2,1-2H3,(H,17,19)/b8-7+/t10?,11-,12?/m0/s1. The van der Waals surface area contributed by atoms with Crippen LogP contribution in [0.5, 0.6) is 0 Å². The van der Waals surface area contributed by atoms with E-state index in [1.54, 1.807) is 0 Å². The fourth-order valence-electron chi connectivity index (χ4n) is 1.73. The first-order valence-electron chi connectivity index (χ1n) is 6.37. The van der Waals surface area contributed by atoms with Crippen LogP contribution in [0.3, 0.4) is 0 Å². The lowest BCUT2D eigenvalue weighted by atomic mass is 10.00. The molecule has 1 saturated heterocycles. The van der Waals surface area contributed by atoms with Crippen molar-refractivity contribution in [3.8, 4) is 11.8 Å². The van der Waals surface area contributed by atoms with Crippen molar-refractivity contribution in [1.82, 2.24) is 5.32 Å². The number of hydrogen-bond donors (Lipinski definition) is 2. The van der Waals surface area contributed by atoms with Gasteiger partial charge in [0.25, 0.3) is 5.91 Å². The van der Waals surface area contributed by atoms with Gasteiger partial charge in [-0.2, -0.15) is 8.78 Å². The Bertz CT molecular complexity index is 409. The van der Waals surface area contributed by atoms with Crippen molar-refractivity contribution in [1.29, 1.82) is 0 Å². The number of carbonyl (C=O) groups excluding carboxylic acids is 1. The van der Waals surface area contributed by atoms with Crippen molar-refractivity contribution < 1.29 is 18.7 Å². The maximum absolute atomic E-state index is 12.9. The fourth-order valence-corrected chi connectivity index (χ4v) is 1.73. The molecule has 2 N–H and O–H groups in total. The van der Waals surface area contributed by atoms with Crippen LogP contribution >= 0.6 is 0 Å². The van der Waals surface area contributed by atoms with Crippen molar-refractivity contribution >= 4 is 5.91 Å². The molecule has 0 spiro atoms. The maximum Gasteiger partial charge on any atom is 0.326 e. The molecule has 0 radical (unpaired) electrons. The summed E-state index contributed by atoms with van der Waals surface area (Å²) in [5.74, 6) is 1.20. The third kappa shape index (κ3) is 4.64. The highest BCUT2D eigenvalue weighted by Crippen LogP contribution is 2.27. The number of halogens is 2. The summed E-state index contributed by atoms with van der Waals surface area (Å²) in [6.45, 7) is 3.78. The summed E-state index contributed by atoms with van der Waals surface area (Å²) in [5, 5.41) is 12.0. The minimum atomic E-state index is -3.31. The zero-order valence-electron chi connectivity index (χ0n) is 11.1.